The number of thiophene rings is 1. The number of hydrogen-bond acceptors (Lipinski definition) is 6. The number of piperidine rings is 1. The van der Waals surface area contributed by atoms with Gasteiger partial charge in [-0.15, -0.1) is 11.3 Å². The third kappa shape index (κ3) is 3.98. The SMILES string of the molecule is O=C(NCc1cccs1)C1CCN(c2cnc(N3CCCC3)nc2)CC1. The summed E-state index contributed by atoms with van der Waals surface area (Å²) in [7, 11) is 0. The highest BCUT2D eigenvalue weighted by molar-refractivity contribution is 7.09. The van der Waals surface area contributed by atoms with Crippen molar-refractivity contribution in [2.45, 2.75) is 32.2 Å². The van der Waals surface area contributed by atoms with Gasteiger partial charge in [-0.1, -0.05) is 6.07 Å². The predicted octanol–water partition coefficient (Wildman–Crippen LogP) is 2.67. The van der Waals surface area contributed by atoms with Crippen LogP contribution in [0.5, 0.6) is 0 Å². The van der Waals surface area contributed by atoms with Crippen LogP contribution in [0.2, 0.25) is 0 Å². The maximum absolute atomic E-state index is 12.4. The lowest BCUT2D eigenvalue weighted by Crippen LogP contribution is -2.40. The average Bonchev–Trinajstić information content (AvgIpc) is 3.40. The zero-order chi connectivity index (χ0) is 17.8. The monoisotopic (exact) mass is 371 g/mol. The van der Waals surface area contributed by atoms with Crippen molar-refractivity contribution in [1.82, 2.24) is 15.3 Å². The van der Waals surface area contributed by atoms with Gasteiger partial charge in [-0.25, -0.2) is 9.97 Å². The number of carbonyl (C=O) groups is 1. The molecule has 4 heterocycles. The Morgan fingerprint density at radius 3 is 2.50 bits per heavy atom. The van der Waals surface area contributed by atoms with E-state index >= 15 is 0 Å². The zero-order valence-electron chi connectivity index (χ0n) is 14.9. The first kappa shape index (κ1) is 17.3. The number of nitrogens with one attached hydrogen (secondary N) is 1. The number of carbonyl (C=O) groups excluding carboxylic acids is 1. The molecule has 0 saturated carbocycles. The van der Waals surface area contributed by atoms with Crippen LogP contribution in [0.25, 0.3) is 0 Å². The fourth-order valence-corrected chi connectivity index (χ4v) is 4.33. The van der Waals surface area contributed by atoms with E-state index in [1.54, 1.807) is 11.3 Å². The second-order valence-electron chi connectivity index (χ2n) is 6.99. The van der Waals surface area contributed by atoms with E-state index in [0.717, 1.165) is 50.7 Å². The average molecular weight is 372 g/mol. The largest absolute Gasteiger partial charge is 0.369 e. The van der Waals surface area contributed by atoms with Crippen molar-refractivity contribution in [2.75, 3.05) is 36.0 Å². The molecular weight excluding hydrogens is 346 g/mol. The minimum absolute atomic E-state index is 0.107. The number of rotatable bonds is 5. The van der Waals surface area contributed by atoms with Crippen LogP contribution in [0.3, 0.4) is 0 Å². The van der Waals surface area contributed by atoms with Crippen molar-refractivity contribution < 1.29 is 4.79 Å². The fourth-order valence-electron chi connectivity index (χ4n) is 3.69. The summed E-state index contributed by atoms with van der Waals surface area (Å²) >= 11 is 1.68. The molecule has 2 aromatic heterocycles. The molecule has 2 aliphatic heterocycles. The summed E-state index contributed by atoms with van der Waals surface area (Å²) < 4.78 is 0. The predicted molar refractivity (Wildman–Crippen MR) is 105 cm³/mol. The van der Waals surface area contributed by atoms with Crippen molar-refractivity contribution >= 4 is 28.9 Å². The Morgan fingerprint density at radius 2 is 1.85 bits per heavy atom. The summed E-state index contributed by atoms with van der Waals surface area (Å²) in [4.78, 5) is 27.2. The van der Waals surface area contributed by atoms with Gasteiger partial charge in [0.05, 0.1) is 24.6 Å². The van der Waals surface area contributed by atoms with Crippen LogP contribution in [-0.2, 0) is 11.3 Å². The summed E-state index contributed by atoms with van der Waals surface area (Å²) in [5.74, 6) is 1.13. The number of aromatic nitrogens is 2. The van der Waals surface area contributed by atoms with Crippen molar-refractivity contribution in [3.63, 3.8) is 0 Å². The summed E-state index contributed by atoms with van der Waals surface area (Å²) in [6.07, 6.45) is 8.07. The summed E-state index contributed by atoms with van der Waals surface area (Å²) in [5.41, 5.74) is 1.06. The molecule has 0 aromatic carbocycles. The highest BCUT2D eigenvalue weighted by atomic mass is 32.1. The van der Waals surface area contributed by atoms with E-state index in [2.05, 4.69) is 31.2 Å². The first-order chi connectivity index (χ1) is 12.8. The zero-order valence-corrected chi connectivity index (χ0v) is 15.7. The molecule has 2 aliphatic rings. The molecule has 2 saturated heterocycles. The molecule has 2 aromatic rings. The molecule has 138 valence electrons. The highest BCUT2D eigenvalue weighted by Crippen LogP contribution is 2.24. The minimum atomic E-state index is 0.107. The topological polar surface area (TPSA) is 61.4 Å². The summed E-state index contributed by atoms with van der Waals surface area (Å²) in [6.45, 7) is 4.52. The van der Waals surface area contributed by atoms with Gasteiger partial charge in [0.2, 0.25) is 11.9 Å². The Labute approximate surface area is 158 Å². The van der Waals surface area contributed by atoms with Crippen molar-refractivity contribution in [2.24, 2.45) is 5.92 Å². The van der Waals surface area contributed by atoms with Gasteiger partial charge in [0.15, 0.2) is 0 Å². The van der Waals surface area contributed by atoms with Crippen molar-refractivity contribution in [3.8, 4) is 0 Å². The molecule has 0 spiro atoms. The van der Waals surface area contributed by atoms with Crippen molar-refractivity contribution in [3.05, 3.63) is 34.8 Å². The highest BCUT2D eigenvalue weighted by Gasteiger charge is 2.25. The standard InChI is InChI=1S/C19H25N5OS/c25-18(20-14-17-4-3-11-26-17)15-5-9-23(10-6-15)16-12-21-19(22-13-16)24-7-1-2-8-24/h3-4,11-13,15H,1-2,5-10,14H2,(H,20,25). The first-order valence-corrected chi connectivity index (χ1v) is 10.3. The minimum Gasteiger partial charge on any atom is -0.369 e. The number of amides is 1. The second kappa shape index (κ2) is 8.03. The normalized spacial score (nSPS) is 18.3. The van der Waals surface area contributed by atoms with E-state index in [0.29, 0.717) is 6.54 Å². The molecule has 0 aliphatic carbocycles. The lowest BCUT2D eigenvalue weighted by Gasteiger charge is -2.32. The Hall–Kier alpha value is -2.15. The van der Waals surface area contributed by atoms with Crippen LogP contribution in [0.1, 0.15) is 30.6 Å². The van der Waals surface area contributed by atoms with Crippen molar-refractivity contribution in [1.29, 1.82) is 0 Å². The Morgan fingerprint density at radius 1 is 1.12 bits per heavy atom. The van der Waals surface area contributed by atoms with Crippen LogP contribution in [0.4, 0.5) is 11.6 Å². The molecule has 1 N–H and O–H groups in total. The van der Waals surface area contributed by atoms with Gasteiger partial charge in [0, 0.05) is 37.0 Å². The maximum atomic E-state index is 12.4. The lowest BCUT2D eigenvalue weighted by molar-refractivity contribution is -0.125. The van der Waals surface area contributed by atoms with E-state index in [9.17, 15) is 4.79 Å². The molecule has 26 heavy (non-hydrogen) atoms. The number of nitrogens with zero attached hydrogens (tertiary/aromatic N) is 4. The number of hydrogen-bond donors (Lipinski definition) is 1. The van der Waals surface area contributed by atoms with Crippen LogP contribution in [0, 0.1) is 5.92 Å². The van der Waals surface area contributed by atoms with E-state index in [1.807, 2.05) is 23.8 Å². The molecule has 2 fully saturated rings. The quantitative estimate of drug-likeness (QED) is 0.876. The lowest BCUT2D eigenvalue weighted by atomic mass is 9.95. The van der Waals surface area contributed by atoms with Gasteiger partial charge in [0.25, 0.3) is 0 Å². The Bertz CT molecular complexity index is 704. The molecule has 0 unspecified atom stereocenters. The molecule has 0 atom stereocenters. The summed E-state index contributed by atoms with van der Waals surface area (Å²) in [6, 6.07) is 4.07. The van der Waals surface area contributed by atoms with Crippen LogP contribution in [-0.4, -0.2) is 42.1 Å². The molecular formula is C19H25N5OS. The van der Waals surface area contributed by atoms with Crippen LogP contribution in [0.15, 0.2) is 29.9 Å². The summed E-state index contributed by atoms with van der Waals surface area (Å²) in [5, 5.41) is 5.11. The molecule has 0 bridgehead atoms. The van der Waals surface area contributed by atoms with Gasteiger partial charge in [-0.3, -0.25) is 4.79 Å². The molecule has 0 radical (unpaired) electrons. The fraction of sp³-hybridized carbons (Fsp3) is 0.526. The Kier molecular flexibility index (Phi) is 5.34. The molecule has 1 amide bonds. The first-order valence-electron chi connectivity index (χ1n) is 9.41. The Balaban J connectivity index is 1.27. The smallest absolute Gasteiger partial charge is 0.225 e. The van der Waals surface area contributed by atoms with Gasteiger partial charge < -0.3 is 15.1 Å². The molecule has 4 rings (SSSR count). The van der Waals surface area contributed by atoms with E-state index in [1.165, 1.54) is 17.7 Å². The van der Waals surface area contributed by atoms with E-state index < -0.39 is 0 Å². The van der Waals surface area contributed by atoms with Gasteiger partial charge in [0.1, 0.15) is 0 Å². The van der Waals surface area contributed by atoms with E-state index in [4.69, 9.17) is 0 Å². The van der Waals surface area contributed by atoms with Gasteiger partial charge in [-0.2, -0.15) is 0 Å². The molecule has 6 nitrogen and oxygen atoms in total. The van der Waals surface area contributed by atoms with Crippen LogP contribution < -0.4 is 15.1 Å². The van der Waals surface area contributed by atoms with Gasteiger partial charge in [-0.05, 0) is 37.1 Å². The van der Waals surface area contributed by atoms with E-state index in [-0.39, 0.29) is 11.8 Å². The third-order valence-electron chi connectivity index (χ3n) is 5.26. The van der Waals surface area contributed by atoms with Gasteiger partial charge >= 0.3 is 0 Å². The maximum Gasteiger partial charge on any atom is 0.225 e. The third-order valence-corrected chi connectivity index (χ3v) is 6.14. The molecule has 7 heteroatoms. The number of anilines is 2. The second-order valence-corrected chi connectivity index (χ2v) is 8.03. The van der Waals surface area contributed by atoms with Crippen LogP contribution >= 0.6 is 11.3 Å².